The zero-order valence-corrected chi connectivity index (χ0v) is 27.8. The number of esters is 1. The fraction of sp³-hybridized carbons (Fsp3) is 0.361. The van der Waals surface area contributed by atoms with Crippen LogP contribution in [0.3, 0.4) is 0 Å². The molecule has 0 unspecified atom stereocenters. The van der Waals surface area contributed by atoms with E-state index >= 15 is 0 Å². The molecule has 0 spiro atoms. The van der Waals surface area contributed by atoms with Crippen LogP contribution in [-0.2, 0) is 41.7 Å². The lowest BCUT2D eigenvalue weighted by Gasteiger charge is -2.35. The Balaban J connectivity index is 1.58. The number of thioether (sulfide) groups is 1. The highest BCUT2D eigenvalue weighted by Gasteiger charge is 2.44. The molecular weight excluding hydrogens is 618 g/mol. The molecule has 1 fully saturated rings. The van der Waals surface area contributed by atoms with E-state index in [-0.39, 0.29) is 18.9 Å². The summed E-state index contributed by atoms with van der Waals surface area (Å²) < 4.78 is 10.6. The minimum atomic E-state index is -1.38. The first-order chi connectivity index (χ1) is 22.5. The lowest BCUT2D eigenvalue weighted by atomic mass is 9.94. The average molecular weight is 660 g/mol. The second-order valence-corrected chi connectivity index (χ2v) is 13.0. The number of hydrogen-bond donors (Lipinski definition) is 2. The van der Waals surface area contributed by atoms with E-state index in [2.05, 4.69) is 10.6 Å². The van der Waals surface area contributed by atoms with Crippen LogP contribution in [0.25, 0.3) is 0 Å². The molecule has 0 aromatic heterocycles. The van der Waals surface area contributed by atoms with E-state index in [1.807, 2.05) is 80.6 Å². The summed E-state index contributed by atoms with van der Waals surface area (Å²) >= 11 is 1.45. The van der Waals surface area contributed by atoms with E-state index in [0.29, 0.717) is 11.3 Å². The molecule has 0 radical (unpaired) electrons. The van der Waals surface area contributed by atoms with Crippen LogP contribution in [0.1, 0.15) is 49.8 Å². The van der Waals surface area contributed by atoms with Crippen LogP contribution in [0.15, 0.2) is 91.0 Å². The monoisotopic (exact) mass is 659 g/mol. The lowest BCUT2D eigenvalue weighted by molar-refractivity contribution is -0.160. The summed E-state index contributed by atoms with van der Waals surface area (Å²) in [5.74, 6) is -4.59. The highest BCUT2D eigenvalue weighted by Crippen LogP contribution is 2.41. The molecule has 0 bridgehead atoms. The van der Waals surface area contributed by atoms with Gasteiger partial charge in [0, 0.05) is 5.75 Å². The second kappa shape index (κ2) is 16.8. The van der Waals surface area contributed by atoms with Crippen LogP contribution in [-0.4, -0.2) is 58.6 Å². The molecule has 10 nitrogen and oxygen atoms in total. The third kappa shape index (κ3) is 9.68. The van der Waals surface area contributed by atoms with Gasteiger partial charge in [-0.1, -0.05) is 105 Å². The van der Waals surface area contributed by atoms with E-state index in [9.17, 15) is 24.0 Å². The molecule has 1 aliphatic rings. The van der Waals surface area contributed by atoms with Gasteiger partial charge in [0.1, 0.15) is 30.1 Å². The van der Waals surface area contributed by atoms with Crippen molar-refractivity contribution in [2.24, 2.45) is 11.8 Å². The van der Waals surface area contributed by atoms with Crippen LogP contribution < -0.4 is 10.6 Å². The minimum absolute atomic E-state index is 0.0297. The molecular formula is C36H41N3O7S. The zero-order valence-electron chi connectivity index (χ0n) is 27.0. The SMILES string of the molecule is CC(C)OC(=O)C(=O)[C@H](Cc1ccccc1)C(=O)N[C@H]1CS[C@H](c2ccccc2)N1C(=O)[C@@H](NC(=O)OCc1ccccc1)C(C)C. The number of nitrogens with zero attached hydrogens (tertiary/aromatic N) is 1. The molecule has 47 heavy (non-hydrogen) atoms. The van der Waals surface area contributed by atoms with Crippen molar-refractivity contribution in [3.05, 3.63) is 108 Å². The number of carbonyl (C=O) groups is 5. The quantitative estimate of drug-likeness (QED) is 0.148. The number of nitrogens with one attached hydrogen (secondary N) is 2. The number of benzene rings is 3. The highest BCUT2D eigenvalue weighted by atomic mass is 32.2. The predicted molar refractivity (Wildman–Crippen MR) is 179 cm³/mol. The van der Waals surface area contributed by atoms with Gasteiger partial charge in [0.05, 0.1) is 6.10 Å². The molecule has 4 atom stereocenters. The Morgan fingerprint density at radius 1 is 0.830 bits per heavy atom. The van der Waals surface area contributed by atoms with Crippen molar-refractivity contribution in [2.75, 3.05) is 5.75 Å². The molecule has 3 amide bonds. The number of amides is 3. The van der Waals surface area contributed by atoms with Crippen molar-refractivity contribution in [2.45, 2.75) is 64.4 Å². The number of alkyl carbamates (subject to hydrolysis) is 1. The third-order valence-electron chi connectivity index (χ3n) is 7.53. The van der Waals surface area contributed by atoms with Gasteiger partial charge in [-0.2, -0.15) is 0 Å². The molecule has 1 saturated heterocycles. The van der Waals surface area contributed by atoms with E-state index in [1.165, 1.54) is 16.7 Å². The van der Waals surface area contributed by atoms with Gasteiger partial charge >= 0.3 is 12.1 Å². The number of ketones is 1. The lowest BCUT2D eigenvalue weighted by Crippen LogP contribution is -2.58. The Hall–Kier alpha value is -4.64. The summed E-state index contributed by atoms with van der Waals surface area (Å²) in [6.07, 6.45) is -2.17. The Kier molecular flexibility index (Phi) is 12.6. The topological polar surface area (TPSA) is 131 Å². The molecule has 1 aliphatic heterocycles. The van der Waals surface area contributed by atoms with Crippen LogP contribution in [0, 0.1) is 11.8 Å². The average Bonchev–Trinajstić information content (AvgIpc) is 3.48. The molecule has 1 heterocycles. The van der Waals surface area contributed by atoms with Gasteiger partial charge in [0.25, 0.3) is 5.78 Å². The van der Waals surface area contributed by atoms with Crippen LogP contribution in [0.4, 0.5) is 4.79 Å². The maximum Gasteiger partial charge on any atom is 0.408 e. The van der Waals surface area contributed by atoms with Crippen molar-refractivity contribution in [3.63, 3.8) is 0 Å². The first kappa shape index (κ1) is 35.2. The molecule has 0 aliphatic carbocycles. The van der Waals surface area contributed by atoms with E-state index in [0.717, 1.165) is 11.1 Å². The standard InChI is InChI=1S/C36H41N3O7S/c1-23(2)30(38-36(44)45-21-26-16-10-6-11-17-26)33(42)39-29(22-47-34(39)27-18-12-7-13-19-27)37-32(41)28(20-25-14-8-5-9-15-25)31(40)35(43)46-24(3)4/h5-19,23-24,28-30,34H,20-22H2,1-4H3,(H,37,41)(H,38,44)/t28-,29+,30-,34+/m0/s1. The first-order valence-electron chi connectivity index (χ1n) is 15.6. The Morgan fingerprint density at radius 3 is 1.98 bits per heavy atom. The number of rotatable bonds is 13. The Labute approximate surface area is 279 Å². The number of Topliss-reactive ketones (excluding diaryl/α,β-unsaturated/α-hetero) is 1. The normalized spacial score (nSPS) is 17.1. The molecule has 0 saturated carbocycles. The fourth-order valence-electron chi connectivity index (χ4n) is 5.16. The van der Waals surface area contributed by atoms with Gasteiger partial charge in [-0.15, -0.1) is 11.8 Å². The second-order valence-electron chi connectivity index (χ2n) is 11.9. The molecule has 248 valence electrons. The smallest absolute Gasteiger partial charge is 0.408 e. The van der Waals surface area contributed by atoms with Gasteiger partial charge < -0.3 is 25.0 Å². The molecule has 11 heteroatoms. The van der Waals surface area contributed by atoms with Gasteiger partial charge in [-0.25, -0.2) is 9.59 Å². The molecule has 2 N–H and O–H groups in total. The van der Waals surface area contributed by atoms with E-state index in [4.69, 9.17) is 9.47 Å². The summed E-state index contributed by atoms with van der Waals surface area (Å²) in [4.78, 5) is 68.6. The summed E-state index contributed by atoms with van der Waals surface area (Å²) in [6, 6.07) is 26.5. The van der Waals surface area contributed by atoms with Gasteiger partial charge in [0.2, 0.25) is 11.8 Å². The predicted octanol–water partition coefficient (Wildman–Crippen LogP) is 5.03. The third-order valence-corrected chi connectivity index (χ3v) is 8.85. The summed E-state index contributed by atoms with van der Waals surface area (Å²) in [7, 11) is 0. The van der Waals surface area contributed by atoms with Crippen molar-refractivity contribution < 1.29 is 33.4 Å². The molecule has 4 rings (SSSR count). The maximum absolute atomic E-state index is 14.3. The maximum atomic E-state index is 14.3. The van der Waals surface area contributed by atoms with Crippen molar-refractivity contribution in [3.8, 4) is 0 Å². The van der Waals surface area contributed by atoms with Crippen molar-refractivity contribution >= 4 is 41.4 Å². The summed E-state index contributed by atoms with van der Waals surface area (Å²) in [6.45, 7) is 6.90. The highest BCUT2D eigenvalue weighted by molar-refractivity contribution is 7.99. The molecule has 3 aromatic carbocycles. The number of hydrogen-bond acceptors (Lipinski definition) is 8. The van der Waals surface area contributed by atoms with Crippen molar-refractivity contribution in [1.29, 1.82) is 0 Å². The fourth-order valence-corrected chi connectivity index (χ4v) is 6.53. The minimum Gasteiger partial charge on any atom is -0.457 e. The molecule has 3 aromatic rings. The summed E-state index contributed by atoms with van der Waals surface area (Å²) in [5, 5.41) is 5.12. The van der Waals surface area contributed by atoms with Crippen LogP contribution in [0.5, 0.6) is 0 Å². The van der Waals surface area contributed by atoms with Gasteiger partial charge in [-0.05, 0) is 42.9 Å². The van der Waals surface area contributed by atoms with Gasteiger partial charge in [0.15, 0.2) is 0 Å². The number of carbonyl (C=O) groups excluding carboxylic acids is 5. The van der Waals surface area contributed by atoms with Crippen LogP contribution in [0.2, 0.25) is 0 Å². The zero-order chi connectivity index (χ0) is 33.9. The first-order valence-corrected chi connectivity index (χ1v) is 16.6. The Morgan fingerprint density at radius 2 is 1.40 bits per heavy atom. The summed E-state index contributed by atoms with van der Waals surface area (Å²) in [5.41, 5.74) is 2.32. The van der Waals surface area contributed by atoms with E-state index < -0.39 is 59.3 Å². The van der Waals surface area contributed by atoms with Crippen molar-refractivity contribution in [1.82, 2.24) is 15.5 Å². The number of ether oxygens (including phenoxy) is 2. The largest absolute Gasteiger partial charge is 0.457 e. The Bertz CT molecular complexity index is 1520. The van der Waals surface area contributed by atoms with Gasteiger partial charge in [-0.3, -0.25) is 14.4 Å². The van der Waals surface area contributed by atoms with E-state index in [1.54, 1.807) is 38.1 Å². The van der Waals surface area contributed by atoms with Crippen LogP contribution >= 0.6 is 11.8 Å².